The highest BCUT2D eigenvalue weighted by molar-refractivity contribution is 7.89. The van der Waals surface area contributed by atoms with Crippen molar-refractivity contribution >= 4 is 15.9 Å². The van der Waals surface area contributed by atoms with Crippen LogP contribution in [0.25, 0.3) is 0 Å². The van der Waals surface area contributed by atoms with Gasteiger partial charge in [0.2, 0.25) is 15.9 Å². The number of carbonyl (C=O) groups excluding carboxylic acids is 1. The molecule has 2 aliphatic heterocycles. The van der Waals surface area contributed by atoms with Gasteiger partial charge in [-0.2, -0.15) is 9.57 Å². The van der Waals surface area contributed by atoms with Crippen molar-refractivity contribution in [1.82, 2.24) is 14.2 Å². The molecule has 0 N–H and O–H groups in total. The van der Waals surface area contributed by atoms with E-state index in [4.69, 9.17) is 14.7 Å². The van der Waals surface area contributed by atoms with E-state index in [0.717, 1.165) is 0 Å². The summed E-state index contributed by atoms with van der Waals surface area (Å²) in [6, 6.07) is 11.1. The first-order valence-electron chi connectivity index (χ1n) is 9.47. The summed E-state index contributed by atoms with van der Waals surface area (Å²) in [5.74, 6) is 0.160. The van der Waals surface area contributed by atoms with Gasteiger partial charge < -0.3 is 14.4 Å². The molecule has 1 aromatic carbocycles. The summed E-state index contributed by atoms with van der Waals surface area (Å²) in [5.41, 5.74) is 0.873. The summed E-state index contributed by atoms with van der Waals surface area (Å²) in [6.45, 7) is 2.19. The fraction of sp³-hybridized carbons (Fsp3) is 0.350. The molecular formula is C20H20N4O5S. The summed E-state index contributed by atoms with van der Waals surface area (Å²) in [5, 5.41) is 8.92. The van der Waals surface area contributed by atoms with Crippen LogP contribution in [-0.4, -0.2) is 74.0 Å². The largest absolute Gasteiger partial charge is 0.471 e. The van der Waals surface area contributed by atoms with Crippen molar-refractivity contribution in [2.24, 2.45) is 0 Å². The zero-order chi connectivity index (χ0) is 21.1. The van der Waals surface area contributed by atoms with E-state index < -0.39 is 10.0 Å². The molecule has 2 fully saturated rings. The number of likely N-dealkylation sites (tertiary alicyclic amines) is 1. The van der Waals surface area contributed by atoms with Crippen LogP contribution in [0.2, 0.25) is 0 Å². The minimum atomic E-state index is -3.59. The van der Waals surface area contributed by atoms with Gasteiger partial charge in [0, 0.05) is 30.9 Å². The first-order valence-corrected chi connectivity index (χ1v) is 10.9. The molecule has 1 amide bonds. The van der Waals surface area contributed by atoms with Crippen LogP contribution in [0, 0.1) is 11.3 Å². The van der Waals surface area contributed by atoms with Crippen molar-refractivity contribution in [2.75, 3.05) is 39.4 Å². The molecule has 156 valence electrons. The lowest BCUT2D eigenvalue weighted by Crippen LogP contribution is -2.56. The second-order valence-corrected chi connectivity index (χ2v) is 8.92. The summed E-state index contributed by atoms with van der Waals surface area (Å²) < 4.78 is 37.6. The number of nitriles is 1. The first kappa shape index (κ1) is 20.3. The van der Waals surface area contributed by atoms with Gasteiger partial charge >= 0.3 is 0 Å². The zero-order valence-corrected chi connectivity index (χ0v) is 16.9. The molecule has 0 bridgehead atoms. The van der Waals surface area contributed by atoms with Crippen molar-refractivity contribution in [1.29, 1.82) is 5.26 Å². The van der Waals surface area contributed by atoms with Gasteiger partial charge in [0.1, 0.15) is 6.10 Å². The Kier molecular flexibility index (Phi) is 5.67. The minimum absolute atomic E-state index is 0.161. The van der Waals surface area contributed by atoms with Crippen LogP contribution in [0.15, 0.2) is 47.5 Å². The molecule has 4 rings (SSSR count). The van der Waals surface area contributed by atoms with Gasteiger partial charge in [0.05, 0.1) is 42.8 Å². The van der Waals surface area contributed by atoms with E-state index in [1.807, 2.05) is 6.07 Å². The Morgan fingerprint density at radius 3 is 2.53 bits per heavy atom. The number of aromatic nitrogens is 1. The highest BCUT2D eigenvalue weighted by Crippen LogP contribution is 2.21. The van der Waals surface area contributed by atoms with Crippen molar-refractivity contribution < 1.29 is 22.7 Å². The predicted octanol–water partition coefficient (Wildman–Crippen LogP) is 0.878. The number of nitrogens with zero attached hydrogens (tertiary/aromatic N) is 4. The molecule has 0 radical (unpaired) electrons. The normalized spacial score (nSPS) is 17.8. The van der Waals surface area contributed by atoms with E-state index in [2.05, 4.69) is 4.98 Å². The van der Waals surface area contributed by atoms with Crippen molar-refractivity contribution in [3.63, 3.8) is 0 Å². The van der Waals surface area contributed by atoms with Crippen LogP contribution < -0.4 is 4.74 Å². The zero-order valence-electron chi connectivity index (χ0n) is 16.1. The quantitative estimate of drug-likeness (QED) is 0.695. The second kappa shape index (κ2) is 8.39. The number of carbonyl (C=O) groups is 1. The molecule has 0 atom stereocenters. The maximum Gasteiger partial charge on any atom is 0.254 e. The van der Waals surface area contributed by atoms with Crippen molar-refractivity contribution in [2.45, 2.75) is 11.0 Å². The molecule has 2 aromatic rings. The Morgan fingerprint density at radius 2 is 1.87 bits per heavy atom. The van der Waals surface area contributed by atoms with Crippen LogP contribution in [0.1, 0.15) is 15.9 Å². The smallest absolute Gasteiger partial charge is 0.254 e. The molecule has 1 aromatic heterocycles. The van der Waals surface area contributed by atoms with E-state index in [9.17, 15) is 13.2 Å². The third-order valence-electron chi connectivity index (χ3n) is 5.00. The lowest BCUT2D eigenvalue weighted by molar-refractivity contribution is 0.0160. The number of sulfonamides is 1. The monoisotopic (exact) mass is 428 g/mol. The Hall–Kier alpha value is -3.00. The highest BCUT2D eigenvalue weighted by atomic mass is 32.2. The van der Waals surface area contributed by atoms with Crippen LogP contribution in [0.5, 0.6) is 5.88 Å². The SMILES string of the molecule is N#Cc1ccnc(OC2CN(C(=O)c3ccc(S(=O)(=O)N4CCOCC4)cc3)C2)c1. The van der Waals surface area contributed by atoms with E-state index >= 15 is 0 Å². The predicted molar refractivity (Wildman–Crippen MR) is 105 cm³/mol. The van der Waals surface area contributed by atoms with Crippen LogP contribution >= 0.6 is 0 Å². The molecule has 30 heavy (non-hydrogen) atoms. The van der Waals surface area contributed by atoms with Gasteiger partial charge in [-0.3, -0.25) is 4.79 Å². The minimum Gasteiger partial charge on any atom is -0.471 e. The number of benzene rings is 1. The summed E-state index contributed by atoms with van der Waals surface area (Å²) >= 11 is 0. The molecule has 0 spiro atoms. The Morgan fingerprint density at radius 1 is 1.17 bits per heavy atom. The molecule has 9 nitrogen and oxygen atoms in total. The highest BCUT2D eigenvalue weighted by Gasteiger charge is 2.33. The van der Waals surface area contributed by atoms with Crippen molar-refractivity contribution in [3.05, 3.63) is 53.7 Å². The number of amides is 1. The molecule has 10 heteroatoms. The molecule has 0 aliphatic carbocycles. The summed E-state index contributed by atoms with van der Waals surface area (Å²) in [4.78, 5) is 18.5. The van der Waals surface area contributed by atoms with Crippen LogP contribution in [-0.2, 0) is 14.8 Å². The average molecular weight is 428 g/mol. The van der Waals surface area contributed by atoms with Gasteiger partial charge in [0.15, 0.2) is 0 Å². The van der Waals surface area contributed by atoms with Crippen LogP contribution in [0.3, 0.4) is 0 Å². The lowest BCUT2D eigenvalue weighted by atomic mass is 10.1. The fourth-order valence-electron chi connectivity index (χ4n) is 3.28. The topological polar surface area (TPSA) is 113 Å². The molecule has 2 saturated heterocycles. The van der Waals surface area contributed by atoms with Crippen LogP contribution in [0.4, 0.5) is 0 Å². The van der Waals surface area contributed by atoms with Gasteiger partial charge in [0.25, 0.3) is 5.91 Å². The Balaban J connectivity index is 1.35. The number of morpholine rings is 1. The third-order valence-corrected chi connectivity index (χ3v) is 6.91. The van der Waals surface area contributed by atoms with E-state index in [0.29, 0.717) is 56.4 Å². The maximum absolute atomic E-state index is 12.7. The number of pyridine rings is 1. The molecule has 0 unspecified atom stereocenters. The van der Waals surface area contributed by atoms with E-state index in [1.54, 1.807) is 17.0 Å². The molecule has 2 aliphatic rings. The van der Waals surface area contributed by atoms with E-state index in [1.165, 1.54) is 34.8 Å². The van der Waals surface area contributed by atoms with Gasteiger partial charge in [-0.05, 0) is 30.3 Å². The number of hydrogen-bond acceptors (Lipinski definition) is 7. The second-order valence-electron chi connectivity index (χ2n) is 6.99. The Labute approximate surface area is 174 Å². The van der Waals surface area contributed by atoms with Gasteiger partial charge in [-0.15, -0.1) is 0 Å². The van der Waals surface area contributed by atoms with Gasteiger partial charge in [-0.1, -0.05) is 0 Å². The molecule has 3 heterocycles. The molecular weight excluding hydrogens is 408 g/mol. The maximum atomic E-state index is 12.7. The fourth-order valence-corrected chi connectivity index (χ4v) is 4.69. The average Bonchev–Trinajstić information content (AvgIpc) is 2.76. The summed E-state index contributed by atoms with van der Waals surface area (Å²) in [7, 11) is -3.59. The third kappa shape index (κ3) is 4.14. The number of ether oxygens (including phenoxy) is 2. The van der Waals surface area contributed by atoms with Crippen molar-refractivity contribution in [3.8, 4) is 11.9 Å². The van der Waals surface area contributed by atoms with E-state index in [-0.39, 0.29) is 16.9 Å². The first-order chi connectivity index (χ1) is 14.5. The lowest BCUT2D eigenvalue weighted by Gasteiger charge is -2.38. The standard InChI is InChI=1S/C20H20N4O5S/c21-12-15-5-6-22-19(11-15)29-17-13-23(14-17)20(25)16-1-3-18(4-2-16)30(26,27)24-7-9-28-10-8-24/h1-6,11,17H,7-10,13-14H2. The molecule has 0 saturated carbocycles. The summed E-state index contributed by atoms with van der Waals surface area (Å²) in [6.07, 6.45) is 1.30. The number of hydrogen-bond donors (Lipinski definition) is 0. The van der Waals surface area contributed by atoms with Gasteiger partial charge in [-0.25, -0.2) is 13.4 Å². The Bertz CT molecular complexity index is 1070. The number of rotatable bonds is 5.